The minimum absolute atomic E-state index is 0.0321. The smallest absolute Gasteiger partial charge is 0.259 e. The Labute approximate surface area is 174 Å². The predicted molar refractivity (Wildman–Crippen MR) is 109 cm³/mol. The lowest BCUT2D eigenvalue weighted by atomic mass is 9.95. The van der Waals surface area contributed by atoms with Gasteiger partial charge in [-0.3, -0.25) is 9.78 Å². The summed E-state index contributed by atoms with van der Waals surface area (Å²) in [7, 11) is -3.24. The van der Waals surface area contributed by atoms with Gasteiger partial charge in [0.05, 0.1) is 16.9 Å². The summed E-state index contributed by atoms with van der Waals surface area (Å²) in [6.07, 6.45) is 6.33. The van der Waals surface area contributed by atoms with Crippen molar-refractivity contribution >= 4 is 15.7 Å². The van der Waals surface area contributed by atoms with Gasteiger partial charge in [0.25, 0.3) is 5.89 Å². The van der Waals surface area contributed by atoms with Gasteiger partial charge in [0, 0.05) is 37.7 Å². The average Bonchev–Trinajstić information content (AvgIpc) is 3.24. The van der Waals surface area contributed by atoms with Crippen LogP contribution in [0.5, 0.6) is 0 Å². The van der Waals surface area contributed by atoms with E-state index in [2.05, 4.69) is 15.1 Å². The Kier molecular flexibility index (Phi) is 5.63. The van der Waals surface area contributed by atoms with Crippen LogP contribution in [0.1, 0.15) is 30.1 Å². The molecule has 1 aliphatic heterocycles. The minimum atomic E-state index is -3.24. The number of aromatic nitrogens is 3. The Morgan fingerprint density at radius 3 is 2.53 bits per heavy atom. The highest BCUT2D eigenvalue weighted by atomic mass is 32.2. The molecule has 1 fully saturated rings. The second kappa shape index (κ2) is 8.35. The lowest BCUT2D eigenvalue weighted by molar-refractivity contribution is -0.131. The number of sulfone groups is 1. The van der Waals surface area contributed by atoms with E-state index in [4.69, 9.17) is 4.52 Å². The molecule has 0 N–H and O–H groups in total. The van der Waals surface area contributed by atoms with E-state index in [0.29, 0.717) is 24.8 Å². The van der Waals surface area contributed by atoms with E-state index in [1.807, 2.05) is 17.0 Å². The highest BCUT2D eigenvalue weighted by Crippen LogP contribution is 2.28. The van der Waals surface area contributed by atoms with Crippen LogP contribution < -0.4 is 0 Å². The first kappa shape index (κ1) is 20.2. The maximum Gasteiger partial charge on any atom is 0.259 e. The molecular formula is C21H22N4O4S. The lowest BCUT2D eigenvalue weighted by Crippen LogP contribution is -2.39. The van der Waals surface area contributed by atoms with Gasteiger partial charge < -0.3 is 9.42 Å². The Morgan fingerprint density at radius 1 is 1.17 bits per heavy atom. The second-order valence-corrected chi connectivity index (χ2v) is 9.46. The molecule has 4 rings (SSSR count). The van der Waals surface area contributed by atoms with E-state index in [1.54, 1.807) is 36.7 Å². The van der Waals surface area contributed by atoms with Gasteiger partial charge in [-0.1, -0.05) is 17.3 Å². The highest BCUT2D eigenvalue weighted by Gasteiger charge is 2.27. The van der Waals surface area contributed by atoms with Crippen LogP contribution in [0.3, 0.4) is 0 Å². The fourth-order valence-corrected chi connectivity index (χ4v) is 4.17. The fourth-order valence-electron chi connectivity index (χ4n) is 3.54. The van der Waals surface area contributed by atoms with Crippen LogP contribution in [-0.4, -0.2) is 53.7 Å². The molecule has 3 heterocycles. The van der Waals surface area contributed by atoms with E-state index in [9.17, 15) is 13.2 Å². The standard InChI is InChI=1S/C21H22N4O4S/c1-30(27,28)18-6-4-15(5-7-18)13-19(26)25-11-8-16(9-12-25)20-23-21(29-24-20)17-3-2-10-22-14-17/h2-7,10,14,16H,8-9,11-13H2,1H3. The Balaban J connectivity index is 1.33. The Morgan fingerprint density at radius 2 is 1.90 bits per heavy atom. The number of carbonyl (C=O) groups is 1. The lowest BCUT2D eigenvalue weighted by Gasteiger charge is -2.30. The molecule has 0 atom stereocenters. The number of rotatable bonds is 5. The van der Waals surface area contributed by atoms with Gasteiger partial charge in [-0.05, 0) is 42.7 Å². The summed E-state index contributed by atoms with van der Waals surface area (Å²) in [5.74, 6) is 1.30. The van der Waals surface area contributed by atoms with Crippen LogP contribution in [0, 0.1) is 0 Å². The molecule has 0 spiro atoms. The number of benzene rings is 1. The topological polar surface area (TPSA) is 106 Å². The monoisotopic (exact) mass is 426 g/mol. The van der Waals surface area contributed by atoms with E-state index in [-0.39, 0.29) is 23.1 Å². The van der Waals surface area contributed by atoms with Crippen molar-refractivity contribution in [3.05, 3.63) is 60.2 Å². The van der Waals surface area contributed by atoms with Crippen molar-refractivity contribution in [2.45, 2.75) is 30.1 Å². The Hall–Kier alpha value is -3.07. The number of hydrogen-bond donors (Lipinski definition) is 0. The van der Waals surface area contributed by atoms with Gasteiger partial charge in [-0.15, -0.1) is 0 Å². The molecule has 3 aromatic rings. The van der Waals surface area contributed by atoms with Gasteiger partial charge in [-0.25, -0.2) is 8.42 Å². The van der Waals surface area contributed by atoms with E-state index in [1.165, 1.54) is 6.26 Å². The number of piperidine rings is 1. The van der Waals surface area contributed by atoms with Crippen molar-refractivity contribution in [1.82, 2.24) is 20.0 Å². The zero-order chi connectivity index (χ0) is 21.1. The summed E-state index contributed by atoms with van der Waals surface area (Å²) in [5.41, 5.74) is 1.58. The van der Waals surface area contributed by atoms with Gasteiger partial charge in [-0.2, -0.15) is 4.98 Å². The van der Waals surface area contributed by atoms with Crippen molar-refractivity contribution in [3.8, 4) is 11.5 Å². The largest absolute Gasteiger partial charge is 0.342 e. The molecule has 1 saturated heterocycles. The third-order valence-electron chi connectivity index (χ3n) is 5.27. The molecule has 1 aromatic carbocycles. The molecule has 156 valence electrons. The van der Waals surface area contributed by atoms with Gasteiger partial charge in [0.15, 0.2) is 15.7 Å². The second-order valence-electron chi connectivity index (χ2n) is 7.45. The first-order chi connectivity index (χ1) is 14.4. The zero-order valence-corrected chi connectivity index (χ0v) is 17.4. The van der Waals surface area contributed by atoms with E-state index >= 15 is 0 Å². The van der Waals surface area contributed by atoms with Crippen LogP contribution in [-0.2, 0) is 21.1 Å². The molecule has 0 aliphatic carbocycles. The molecule has 9 heteroatoms. The average molecular weight is 426 g/mol. The van der Waals surface area contributed by atoms with Crippen molar-refractivity contribution in [2.24, 2.45) is 0 Å². The summed E-state index contributed by atoms with van der Waals surface area (Å²) in [6.45, 7) is 1.25. The Bertz CT molecular complexity index is 1120. The molecule has 30 heavy (non-hydrogen) atoms. The number of amides is 1. The maximum atomic E-state index is 12.6. The first-order valence-electron chi connectivity index (χ1n) is 9.71. The van der Waals surface area contributed by atoms with Crippen LogP contribution >= 0.6 is 0 Å². The van der Waals surface area contributed by atoms with Crippen LogP contribution in [0.25, 0.3) is 11.5 Å². The summed E-state index contributed by atoms with van der Waals surface area (Å²) in [5, 5.41) is 4.12. The number of pyridine rings is 1. The zero-order valence-electron chi connectivity index (χ0n) is 16.6. The third kappa shape index (κ3) is 4.56. The minimum Gasteiger partial charge on any atom is -0.342 e. The van der Waals surface area contributed by atoms with Crippen molar-refractivity contribution in [1.29, 1.82) is 0 Å². The molecule has 0 saturated carbocycles. The summed E-state index contributed by atoms with van der Waals surface area (Å²) in [4.78, 5) is 23.3. The predicted octanol–water partition coefficient (Wildman–Crippen LogP) is 2.48. The molecule has 1 aliphatic rings. The summed E-state index contributed by atoms with van der Waals surface area (Å²) in [6, 6.07) is 10.2. The van der Waals surface area contributed by atoms with Crippen LogP contribution in [0.4, 0.5) is 0 Å². The number of likely N-dealkylation sites (tertiary alicyclic amines) is 1. The van der Waals surface area contributed by atoms with Crippen molar-refractivity contribution < 1.29 is 17.7 Å². The van der Waals surface area contributed by atoms with Gasteiger partial charge in [0.2, 0.25) is 5.91 Å². The normalized spacial score (nSPS) is 15.3. The summed E-state index contributed by atoms with van der Waals surface area (Å²) < 4.78 is 28.5. The fraction of sp³-hybridized carbons (Fsp3) is 0.333. The van der Waals surface area contributed by atoms with Crippen molar-refractivity contribution in [3.63, 3.8) is 0 Å². The molecule has 8 nitrogen and oxygen atoms in total. The molecule has 0 unspecified atom stereocenters. The number of hydrogen-bond acceptors (Lipinski definition) is 7. The molecule has 0 radical (unpaired) electrons. The number of nitrogens with zero attached hydrogens (tertiary/aromatic N) is 4. The quantitative estimate of drug-likeness (QED) is 0.617. The van der Waals surface area contributed by atoms with Gasteiger partial charge >= 0.3 is 0 Å². The third-order valence-corrected chi connectivity index (χ3v) is 6.40. The van der Waals surface area contributed by atoms with Gasteiger partial charge in [0.1, 0.15) is 0 Å². The SMILES string of the molecule is CS(=O)(=O)c1ccc(CC(=O)N2CCC(c3noc(-c4cccnc4)n3)CC2)cc1. The van der Waals surface area contributed by atoms with E-state index < -0.39 is 9.84 Å². The molecule has 2 aromatic heterocycles. The molecular weight excluding hydrogens is 404 g/mol. The first-order valence-corrected chi connectivity index (χ1v) is 11.6. The van der Waals surface area contributed by atoms with Crippen molar-refractivity contribution in [2.75, 3.05) is 19.3 Å². The number of carbonyl (C=O) groups excluding carboxylic acids is 1. The molecule has 0 bridgehead atoms. The molecule has 1 amide bonds. The van der Waals surface area contributed by atoms with Crippen LogP contribution in [0.15, 0.2) is 58.2 Å². The van der Waals surface area contributed by atoms with E-state index in [0.717, 1.165) is 24.0 Å². The van der Waals surface area contributed by atoms with Crippen LogP contribution in [0.2, 0.25) is 0 Å². The maximum absolute atomic E-state index is 12.6. The highest BCUT2D eigenvalue weighted by molar-refractivity contribution is 7.90. The summed E-state index contributed by atoms with van der Waals surface area (Å²) >= 11 is 0.